The van der Waals surface area contributed by atoms with Gasteiger partial charge in [0.25, 0.3) is 0 Å². The molecule has 0 aromatic carbocycles. The number of amidine groups is 1. The molecule has 3 N–H and O–H groups in total. The van der Waals surface area contributed by atoms with E-state index < -0.39 is 0 Å². The summed E-state index contributed by atoms with van der Waals surface area (Å²) in [6, 6.07) is 0. The molecule has 15 heavy (non-hydrogen) atoms. The van der Waals surface area contributed by atoms with Gasteiger partial charge in [-0.25, -0.2) is 0 Å². The Morgan fingerprint density at radius 2 is 2.33 bits per heavy atom. The Morgan fingerprint density at radius 3 is 2.87 bits per heavy atom. The maximum absolute atomic E-state index is 8.60. The van der Waals surface area contributed by atoms with Crippen LogP contribution in [0.25, 0.3) is 0 Å². The number of nitrogens with zero attached hydrogens (tertiary/aromatic N) is 1. The molecule has 0 radical (unpaired) electrons. The van der Waals surface area contributed by atoms with Crippen molar-refractivity contribution < 1.29 is 9.94 Å². The van der Waals surface area contributed by atoms with E-state index in [1.54, 1.807) is 0 Å². The van der Waals surface area contributed by atoms with Crippen LogP contribution >= 0.6 is 0 Å². The lowest BCUT2D eigenvalue weighted by atomic mass is 9.88. The van der Waals surface area contributed by atoms with E-state index >= 15 is 0 Å². The predicted molar refractivity (Wildman–Crippen MR) is 60.0 cm³/mol. The molecule has 1 aliphatic rings. The summed E-state index contributed by atoms with van der Waals surface area (Å²) in [5.41, 5.74) is 5.55. The van der Waals surface area contributed by atoms with Gasteiger partial charge >= 0.3 is 0 Å². The molecule has 1 aliphatic carbocycles. The molecule has 4 heteroatoms. The fourth-order valence-electron chi connectivity index (χ4n) is 2.17. The van der Waals surface area contributed by atoms with Crippen LogP contribution in [0.15, 0.2) is 5.16 Å². The summed E-state index contributed by atoms with van der Waals surface area (Å²) in [7, 11) is 0. The van der Waals surface area contributed by atoms with E-state index in [1.165, 1.54) is 12.8 Å². The number of hydrogen-bond acceptors (Lipinski definition) is 3. The predicted octanol–water partition coefficient (Wildman–Crippen LogP) is 2.11. The smallest absolute Gasteiger partial charge is 0.168 e. The lowest BCUT2D eigenvalue weighted by molar-refractivity contribution is -0.0117. The van der Waals surface area contributed by atoms with Crippen molar-refractivity contribution in [2.24, 2.45) is 16.8 Å². The minimum Gasteiger partial charge on any atom is -0.409 e. The van der Waals surface area contributed by atoms with Crippen LogP contribution in [0.5, 0.6) is 0 Å². The summed E-state index contributed by atoms with van der Waals surface area (Å²) in [6.45, 7) is 4.23. The summed E-state index contributed by atoms with van der Waals surface area (Å²) >= 11 is 0. The van der Waals surface area contributed by atoms with Crippen LogP contribution in [-0.4, -0.2) is 23.3 Å². The van der Waals surface area contributed by atoms with Gasteiger partial charge in [-0.1, -0.05) is 31.8 Å². The average molecular weight is 214 g/mol. The van der Waals surface area contributed by atoms with Crippen molar-refractivity contribution in [2.75, 3.05) is 0 Å². The molecule has 1 rings (SSSR count). The first-order chi connectivity index (χ1) is 7.17. The van der Waals surface area contributed by atoms with Crippen molar-refractivity contribution in [1.29, 1.82) is 0 Å². The van der Waals surface area contributed by atoms with E-state index in [1.807, 2.05) is 6.92 Å². The molecule has 1 fully saturated rings. The molecule has 0 saturated heterocycles. The quantitative estimate of drug-likeness (QED) is 0.326. The van der Waals surface area contributed by atoms with Gasteiger partial charge in [0.1, 0.15) is 6.10 Å². The summed E-state index contributed by atoms with van der Waals surface area (Å²) in [6.07, 6.45) is 5.50. The molecule has 4 nitrogen and oxygen atoms in total. The van der Waals surface area contributed by atoms with Crippen molar-refractivity contribution >= 4 is 5.84 Å². The van der Waals surface area contributed by atoms with Crippen molar-refractivity contribution in [2.45, 2.75) is 58.2 Å². The molecule has 0 bridgehead atoms. The normalized spacial score (nSPS) is 30.1. The second-order valence-electron chi connectivity index (χ2n) is 4.45. The van der Waals surface area contributed by atoms with E-state index in [-0.39, 0.29) is 18.0 Å². The van der Waals surface area contributed by atoms with Crippen LogP contribution in [0.3, 0.4) is 0 Å². The van der Waals surface area contributed by atoms with Crippen molar-refractivity contribution in [3.05, 3.63) is 0 Å². The highest BCUT2D eigenvalue weighted by Crippen LogP contribution is 2.26. The van der Waals surface area contributed by atoms with Gasteiger partial charge in [0.15, 0.2) is 5.84 Å². The number of rotatable bonds is 4. The zero-order chi connectivity index (χ0) is 11.3. The topological polar surface area (TPSA) is 67.8 Å². The number of hydrogen-bond donors (Lipinski definition) is 2. The molecular formula is C11H22N2O2. The molecular weight excluding hydrogens is 192 g/mol. The summed E-state index contributed by atoms with van der Waals surface area (Å²) < 4.78 is 5.85. The third-order valence-electron chi connectivity index (χ3n) is 3.06. The van der Waals surface area contributed by atoms with E-state index in [0.717, 1.165) is 25.2 Å². The molecule has 0 amide bonds. The number of oxime groups is 1. The zero-order valence-electron chi connectivity index (χ0n) is 9.65. The van der Waals surface area contributed by atoms with Gasteiger partial charge in [0, 0.05) is 0 Å². The van der Waals surface area contributed by atoms with Gasteiger partial charge in [-0.2, -0.15) is 0 Å². The van der Waals surface area contributed by atoms with Gasteiger partial charge < -0.3 is 15.7 Å². The van der Waals surface area contributed by atoms with Crippen LogP contribution in [0.4, 0.5) is 0 Å². The largest absolute Gasteiger partial charge is 0.409 e. The fourth-order valence-corrected chi connectivity index (χ4v) is 2.17. The van der Waals surface area contributed by atoms with Crippen molar-refractivity contribution in [1.82, 2.24) is 0 Å². The first-order valence-electron chi connectivity index (χ1n) is 5.80. The van der Waals surface area contributed by atoms with Crippen LogP contribution < -0.4 is 5.73 Å². The first-order valence-corrected chi connectivity index (χ1v) is 5.80. The fraction of sp³-hybridized carbons (Fsp3) is 0.909. The Morgan fingerprint density at radius 1 is 1.60 bits per heavy atom. The van der Waals surface area contributed by atoms with Crippen molar-refractivity contribution in [3.8, 4) is 0 Å². The third kappa shape index (κ3) is 3.70. The Kier molecular flexibility index (Phi) is 4.88. The second-order valence-corrected chi connectivity index (χ2v) is 4.45. The maximum Gasteiger partial charge on any atom is 0.168 e. The summed E-state index contributed by atoms with van der Waals surface area (Å²) in [5, 5.41) is 11.6. The lowest BCUT2D eigenvalue weighted by Crippen LogP contribution is -2.36. The van der Waals surface area contributed by atoms with E-state index in [0.29, 0.717) is 0 Å². The number of ether oxygens (including phenoxy) is 1. The van der Waals surface area contributed by atoms with E-state index in [4.69, 9.17) is 15.7 Å². The maximum atomic E-state index is 8.60. The molecule has 0 spiro atoms. The zero-order valence-corrected chi connectivity index (χ0v) is 9.65. The first kappa shape index (κ1) is 12.3. The van der Waals surface area contributed by atoms with Gasteiger partial charge in [-0.15, -0.1) is 0 Å². The van der Waals surface area contributed by atoms with E-state index in [2.05, 4.69) is 12.1 Å². The second kappa shape index (κ2) is 5.95. The third-order valence-corrected chi connectivity index (χ3v) is 3.06. The van der Waals surface area contributed by atoms with Crippen LogP contribution in [0, 0.1) is 5.92 Å². The molecule has 0 aromatic rings. The van der Waals surface area contributed by atoms with Crippen LogP contribution in [0.2, 0.25) is 0 Å². The lowest BCUT2D eigenvalue weighted by Gasteiger charge is -2.29. The molecule has 0 heterocycles. The van der Waals surface area contributed by atoms with Crippen LogP contribution in [-0.2, 0) is 4.74 Å². The highest BCUT2D eigenvalue weighted by atomic mass is 16.5. The van der Waals surface area contributed by atoms with Crippen molar-refractivity contribution in [3.63, 3.8) is 0 Å². The Hall–Kier alpha value is -0.770. The SMILES string of the molecule is CCC(OC1CCCC(C)C1)C(N)=NO. The van der Waals surface area contributed by atoms with E-state index in [9.17, 15) is 0 Å². The number of nitrogens with two attached hydrogens (primary N) is 1. The molecule has 88 valence electrons. The van der Waals surface area contributed by atoms with Gasteiger partial charge in [-0.05, 0) is 25.2 Å². The molecule has 1 saturated carbocycles. The average Bonchev–Trinajstić information content (AvgIpc) is 2.25. The molecule has 3 unspecified atom stereocenters. The highest BCUT2D eigenvalue weighted by molar-refractivity contribution is 5.84. The standard InChI is InChI=1S/C11H22N2O2/c1-3-10(11(12)13-14)15-9-6-4-5-8(2)7-9/h8-10,14H,3-7H2,1-2H3,(H2,12,13). The monoisotopic (exact) mass is 214 g/mol. The Balaban J connectivity index is 2.44. The summed E-state index contributed by atoms with van der Waals surface area (Å²) in [4.78, 5) is 0. The minimum absolute atomic E-state index is 0.190. The Bertz CT molecular complexity index is 219. The van der Waals surface area contributed by atoms with Gasteiger partial charge in [0.2, 0.25) is 0 Å². The molecule has 3 atom stereocenters. The minimum atomic E-state index is -0.231. The van der Waals surface area contributed by atoms with Gasteiger partial charge in [0.05, 0.1) is 6.10 Å². The highest BCUT2D eigenvalue weighted by Gasteiger charge is 2.23. The van der Waals surface area contributed by atoms with Gasteiger partial charge in [-0.3, -0.25) is 0 Å². The summed E-state index contributed by atoms with van der Waals surface area (Å²) in [5.74, 6) is 0.921. The van der Waals surface area contributed by atoms with Crippen LogP contribution in [0.1, 0.15) is 46.0 Å². The molecule has 0 aromatic heterocycles. The Labute approximate surface area is 91.5 Å². The molecule has 0 aliphatic heterocycles.